The van der Waals surface area contributed by atoms with Crippen LogP contribution in [0, 0.1) is 0 Å². The molecule has 64 valence electrons. The Morgan fingerprint density at radius 1 is 1.17 bits per heavy atom. The molecule has 1 rings (SSSR count). The molecule has 1 aliphatic heterocycles. The van der Waals surface area contributed by atoms with Crippen molar-refractivity contribution in [2.45, 2.75) is 0 Å². The Morgan fingerprint density at radius 2 is 1.83 bits per heavy atom. The van der Waals surface area contributed by atoms with Crippen molar-refractivity contribution < 1.29 is 4.79 Å². The van der Waals surface area contributed by atoms with E-state index in [1.165, 1.54) is 6.08 Å². The minimum atomic E-state index is -0.0927. The Kier molecular flexibility index (Phi) is 2.69. The first kappa shape index (κ1) is 8.59. The van der Waals surface area contributed by atoms with Crippen molar-refractivity contribution in [3.05, 3.63) is 36.6 Å². The van der Waals surface area contributed by atoms with E-state index in [9.17, 15) is 4.79 Å². The molecule has 2 N–H and O–H groups in total. The summed E-state index contributed by atoms with van der Waals surface area (Å²) in [7, 11) is 0. The van der Waals surface area contributed by atoms with Crippen LogP contribution in [0.15, 0.2) is 36.6 Å². The molecule has 0 saturated carbocycles. The quantitative estimate of drug-likeness (QED) is 0.617. The van der Waals surface area contributed by atoms with Crippen molar-refractivity contribution in [3.63, 3.8) is 0 Å². The molecule has 0 atom stereocenters. The first-order valence-electron chi connectivity index (χ1n) is 3.81. The zero-order valence-corrected chi connectivity index (χ0v) is 6.89. The van der Waals surface area contributed by atoms with E-state index in [4.69, 9.17) is 0 Å². The second kappa shape index (κ2) is 3.76. The molecule has 0 radical (unpaired) electrons. The fourth-order valence-corrected chi connectivity index (χ4v) is 1.07. The summed E-state index contributed by atoms with van der Waals surface area (Å²) in [5.41, 5.74) is 1.31. The van der Waals surface area contributed by atoms with Gasteiger partial charge in [0.25, 0.3) is 5.91 Å². The highest BCUT2D eigenvalue weighted by atomic mass is 16.1. The fraction of sp³-hybridized carbons (Fsp3) is 0.222. The van der Waals surface area contributed by atoms with Crippen molar-refractivity contribution in [3.8, 4) is 0 Å². The number of carbonyl (C=O) groups excluding carboxylic acids is 1. The molecule has 0 bridgehead atoms. The van der Waals surface area contributed by atoms with Gasteiger partial charge >= 0.3 is 0 Å². The third-order valence-electron chi connectivity index (χ3n) is 1.67. The van der Waals surface area contributed by atoms with Crippen LogP contribution in [0.25, 0.3) is 0 Å². The van der Waals surface area contributed by atoms with Gasteiger partial charge in [-0.25, -0.2) is 0 Å². The maximum absolute atomic E-state index is 11.3. The monoisotopic (exact) mass is 164 g/mol. The van der Waals surface area contributed by atoms with Crippen LogP contribution in [0.4, 0.5) is 0 Å². The van der Waals surface area contributed by atoms with E-state index in [1.54, 1.807) is 6.08 Å². The van der Waals surface area contributed by atoms with E-state index in [2.05, 4.69) is 23.8 Å². The standard InChI is InChI=1S/C9H12N2O/c1-3-7-8(4-2)10-5-6-11-9(7)12/h3-4,10H,1-2,5-6H2,(H,11,12). The second-order valence-electron chi connectivity index (χ2n) is 2.42. The highest BCUT2D eigenvalue weighted by Gasteiger charge is 2.12. The maximum Gasteiger partial charge on any atom is 0.253 e. The van der Waals surface area contributed by atoms with Gasteiger partial charge in [0, 0.05) is 18.8 Å². The number of hydrogen-bond acceptors (Lipinski definition) is 2. The Bertz CT molecular complexity index is 253. The van der Waals surface area contributed by atoms with Crippen LogP contribution in [0.1, 0.15) is 0 Å². The molecule has 3 nitrogen and oxygen atoms in total. The number of rotatable bonds is 2. The van der Waals surface area contributed by atoms with Gasteiger partial charge in [-0.15, -0.1) is 0 Å². The zero-order valence-electron chi connectivity index (χ0n) is 6.89. The number of allylic oxidation sites excluding steroid dienone is 1. The average molecular weight is 164 g/mol. The lowest BCUT2D eigenvalue weighted by molar-refractivity contribution is -0.117. The molecule has 0 unspecified atom stereocenters. The molecule has 0 aromatic carbocycles. The van der Waals surface area contributed by atoms with Gasteiger partial charge in [0.05, 0.1) is 5.57 Å². The highest BCUT2D eigenvalue weighted by molar-refractivity contribution is 5.97. The summed E-state index contributed by atoms with van der Waals surface area (Å²) >= 11 is 0. The first-order valence-corrected chi connectivity index (χ1v) is 3.81. The van der Waals surface area contributed by atoms with Crippen LogP contribution in [0.2, 0.25) is 0 Å². The summed E-state index contributed by atoms with van der Waals surface area (Å²) in [6, 6.07) is 0. The lowest BCUT2D eigenvalue weighted by Gasteiger charge is -2.03. The largest absolute Gasteiger partial charge is 0.383 e. The van der Waals surface area contributed by atoms with Gasteiger partial charge in [0.1, 0.15) is 0 Å². The van der Waals surface area contributed by atoms with Crippen LogP contribution >= 0.6 is 0 Å². The maximum atomic E-state index is 11.3. The molecule has 0 spiro atoms. The normalized spacial score (nSPS) is 17.5. The third-order valence-corrected chi connectivity index (χ3v) is 1.67. The summed E-state index contributed by atoms with van der Waals surface area (Å²) in [6.07, 6.45) is 3.16. The van der Waals surface area contributed by atoms with E-state index >= 15 is 0 Å². The van der Waals surface area contributed by atoms with Crippen molar-refractivity contribution in [2.75, 3.05) is 13.1 Å². The van der Waals surface area contributed by atoms with Crippen molar-refractivity contribution in [1.29, 1.82) is 0 Å². The van der Waals surface area contributed by atoms with Crippen LogP contribution < -0.4 is 10.6 Å². The van der Waals surface area contributed by atoms with E-state index in [1.807, 2.05) is 0 Å². The van der Waals surface area contributed by atoms with E-state index in [0.717, 1.165) is 12.2 Å². The van der Waals surface area contributed by atoms with Crippen LogP contribution in [0.3, 0.4) is 0 Å². The van der Waals surface area contributed by atoms with Crippen molar-refractivity contribution in [2.24, 2.45) is 0 Å². The summed E-state index contributed by atoms with van der Waals surface area (Å²) < 4.78 is 0. The number of carbonyl (C=O) groups is 1. The first-order chi connectivity index (χ1) is 5.79. The van der Waals surface area contributed by atoms with E-state index < -0.39 is 0 Å². The van der Waals surface area contributed by atoms with Gasteiger partial charge in [-0.3, -0.25) is 4.79 Å². The lowest BCUT2D eigenvalue weighted by Crippen LogP contribution is -2.26. The van der Waals surface area contributed by atoms with E-state index in [-0.39, 0.29) is 5.91 Å². The number of hydrogen-bond donors (Lipinski definition) is 2. The molecule has 3 heteroatoms. The number of amides is 1. The van der Waals surface area contributed by atoms with Gasteiger partial charge < -0.3 is 10.6 Å². The van der Waals surface area contributed by atoms with Crippen molar-refractivity contribution in [1.82, 2.24) is 10.6 Å². The molecule has 0 aromatic heterocycles. The SMILES string of the molecule is C=CC1=C(C=C)C(=O)NCCN1. The molecule has 0 aromatic rings. The minimum Gasteiger partial charge on any atom is -0.383 e. The highest BCUT2D eigenvalue weighted by Crippen LogP contribution is 2.05. The smallest absolute Gasteiger partial charge is 0.253 e. The summed E-state index contributed by atoms with van der Waals surface area (Å²) in [6.45, 7) is 8.54. The molecule has 1 amide bonds. The Hall–Kier alpha value is -1.51. The third kappa shape index (κ3) is 1.56. The van der Waals surface area contributed by atoms with Gasteiger partial charge in [-0.1, -0.05) is 19.2 Å². The summed E-state index contributed by atoms with van der Waals surface area (Å²) in [4.78, 5) is 11.3. The predicted molar refractivity (Wildman–Crippen MR) is 48.4 cm³/mol. The molecule has 1 aliphatic rings. The van der Waals surface area contributed by atoms with Gasteiger partial charge in [-0.05, 0) is 6.08 Å². The van der Waals surface area contributed by atoms with Gasteiger partial charge in [-0.2, -0.15) is 0 Å². The average Bonchev–Trinajstić information content (AvgIpc) is 2.26. The molecule has 0 fully saturated rings. The molecule has 0 aliphatic carbocycles. The van der Waals surface area contributed by atoms with Crippen LogP contribution in [-0.2, 0) is 4.79 Å². The molecular weight excluding hydrogens is 152 g/mol. The predicted octanol–water partition coefficient (Wildman–Crippen LogP) is 0.332. The van der Waals surface area contributed by atoms with Gasteiger partial charge in [0.2, 0.25) is 0 Å². The Morgan fingerprint density at radius 3 is 2.42 bits per heavy atom. The van der Waals surface area contributed by atoms with Crippen LogP contribution in [0.5, 0.6) is 0 Å². The van der Waals surface area contributed by atoms with Crippen LogP contribution in [-0.4, -0.2) is 19.0 Å². The lowest BCUT2D eigenvalue weighted by atomic mass is 10.2. The Labute approximate surface area is 71.8 Å². The second-order valence-corrected chi connectivity index (χ2v) is 2.42. The van der Waals surface area contributed by atoms with Gasteiger partial charge in [0.15, 0.2) is 0 Å². The minimum absolute atomic E-state index is 0.0927. The molecular formula is C9H12N2O. The zero-order chi connectivity index (χ0) is 8.97. The summed E-state index contributed by atoms with van der Waals surface area (Å²) in [5, 5.41) is 5.80. The topological polar surface area (TPSA) is 41.1 Å². The number of nitrogens with one attached hydrogen (secondary N) is 2. The fourth-order valence-electron chi connectivity index (χ4n) is 1.07. The molecule has 1 heterocycles. The van der Waals surface area contributed by atoms with E-state index in [0.29, 0.717) is 12.1 Å². The molecule has 12 heavy (non-hydrogen) atoms. The molecule has 0 saturated heterocycles. The summed E-state index contributed by atoms with van der Waals surface area (Å²) in [5.74, 6) is -0.0927. The van der Waals surface area contributed by atoms with Crippen molar-refractivity contribution >= 4 is 5.91 Å². The Balaban J connectivity index is 3.02.